The van der Waals surface area contributed by atoms with Crippen molar-refractivity contribution in [3.63, 3.8) is 0 Å². The lowest BCUT2D eigenvalue weighted by atomic mass is 9.94. The zero-order valence-corrected chi connectivity index (χ0v) is 27.9. The molecular weight excluding hydrogens is 756 g/mol. The Kier molecular flexibility index (Phi) is 14.1. The molecule has 4 aliphatic heterocycles. The van der Waals surface area contributed by atoms with Gasteiger partial charge in [-0.1, -0.05) is 0 Å². The molecule has 0 radical (unpaired) electrons. The minimum Gasteiger partial charge on any atom is -0.479 e. The second kappa shape index (κ2) is 17.3. The van der Waals surface area contributed by atoms with Crippen molar-refractivity contribution in [2.24, 2.45) is 5.73 Å². The Morgan fingerprint density at radius 3 is 1.92 bits per heavy atom. The minimum absolute atomic E-state index is 0.660. The molecule has 0 saturated carbocycles. The third-order valence-corrected chi connectivity index (χ3v) is 8.88. The number of aliphatic hydroxyl groups excluding tert-OH is 8. The Morgan fingerprint density at radius 1 is 0.792 bits per heavy atom. The van der Waals surface area contributed by atoms with Crippen LogP contribution in [-0.2, 0) is 62.1 Å². The number of carbonyl (C=O) groups is 3. The number of hydrogen-bond donors (Lipinski definition) is 13. The maximum absolute atomic E-state index is 12.4. The van der Waals surface area contributed by atoms with Gasteiger partial charge in [0.05, 0.1) is 19.3 Å². The number of aliphatic carboxylic acids is 2. The summed E-state index contributed by atoms with van der Waals surface area (Å²) in [5, 5.41) is 105. The van der Waals surface area contributed by atoms with Crippen molar-refractivity contribution < 1.29 is 116 Å². The summed E-state index contributed by atoms with van der Waals surface area (Å²) in [5.74, 6) is -5.29. The van der Waals surface area contributed by atoms with Crippen LogP contribution in [-0.4, -0.2) is 206 Å². The van der Waals surface area contributed by atoms with Crippen LogP contribution in [0.15, 0.2) is 11.8 Å². The lowest BCUT2D eigenvalue weighted by molar-refractivity contribution is -0.364. The summed E-state index contributed by atoms with van der Waals surface area (Å²) in [4.78, 5) is 35.9. The fraction of sp³-hybridized carbons (Fsp3) is 0.808. The Morgan fingerprint density at radius 2 is 1.38 bits per heavy atom. The highest BCUT2D eigenvalue weighted by Gasteiger charge is 2.56. The highest BCUT2D eigenvalue weighted by molar-refractivity contribution is 7.80. The van der Waals surface area contributed by atoms with Crippen molar-refractivity contribution in [3.05, 3.63) is 11.8 Å². The van der Waals surface area contributed by atoms with Crippen molar-refractivity contribution in [2.45, 2.75) is 117 Å². The van der Waals surface area contributed by atoms with E-state index >= 15 is 0 Å². The van der Waals surface area contributed by atoms with Gasteiger partial charge in [0.15, 0.2) is 25.0 Å². The number of aliphatic hydroxyl groups is 8. The van der Waals surface area contributed by atoms with Crippen LogP contribution >= 0.6 is 0 Å². The molecule has 26 nitrogen and oxygen atoms in total. The predicted molar refractivity (Wildman–Crippen MR) is 157 cm³/mol. The normalized spacial score (nSPS) is 43.6. The molecule has 0 aromatic rings. The van der Waals surface area contributed by atoms with E-state index in [1.54, 1.807) is 0 Å². The molecule has 14 N–H and O–H groups in total. The molecule has 0 spiro atoms. The number of amides is 1. The first-order valence-corrected chi connectivity index (χ1v) is 16.8. The van der Waals surface area contributed by atoms with Crippen molar-refractivity contribution >= 4 is 28.2 Å². The lowest BCUT2D eigenvalue weighted by Crippen LogP contribution is -2.70. The topological polar surface area (TPSA) is 420 Å². The van der Waals surface area contributed by atoms with E-state index in [0.29, 0.717) is 6.08 Å². The number of carboxylic acids is 2. The van der Waals surface area contributed by atoms with Crippen LogP contribution in [0, 0.1) is 0 Å². The molecule has 0 aliphatic carbocycles. The van der Waals surface area contributed by atoms with Gasteiger partial charge in [-0.15, -0.1) is 0 Å². The molecule has 18 atom stereocenters. The summed E-state index contributed by atoms with van der Waals surface area (Å²) in [6.45, 7) is -1.11. The van der Waals surface area contributed by atoms with E-state index in [1.807, 2.05) is 0 Å². The number of nitrogens with two attached hydrogens (primary N) is 1. The number of rotatable bonds is 13. The van der Waals surface area contributed by atoms with Gasteiger partial charge in [0, 0.05) is 6.92 Å². The first-order valence-electron chi connectivity index (χ1n) is 15.4. The van der Waals surface area contributed by atoms with E-state index in [-0.39, 0.29) is 0 Å². The predicted octanol–water partition coefficient (Wildman–Crippen LogP) is -8.47. The van der Waals surface area contributed by atoms with Crippen molar-refractivity contribution in [3.8, 4) is 0 Å². The van der Waals surface area contributed by atoms with Gasteiger partial charge in [-0.25, -0.2) is 13.8 Å². The van der Waals surface area contributed by atoms with Crippen LogP contribution in [0.5, 0.6) is 0 Å². The third kappa shape index (κ3) is 9.73. The quantitative estimate of drug-likeness (QED) is 0.0770. The van der Waals surface area contributed by atoms with Gasteiger partial charge >= 0.3 is 22.3 Å². The zero-order chi connectivity index (χ0) is 39.7. The summed E-state index contributed by atoms with van der Waals surface area (Å²) in [6.07, 6.45) is -31.8. The van der Waals surface area contributed by atoms with Gasteiger partial charge in [-0.05, 0) is 6.08 Å². The molecule has 53 heavy (non-hydrogen) atoms. The highest BCUT2D eigenvalue weighted by atomic mass is 32.3. The number of carboxylic acid groups (broad SMARTS) is 2. The number of nitrogens with one attached hydrogen (secondary N) is 1. The fourth-order valence-corrected chi connectivity index (χ4v) is 6.41. The molecule has 27 heteroatoms. The second-order valence-corrected chi connectivity index (χ2v) is 13.2. The standard InChI is InChI=1S/C26H40N2O24S/c1-5(31)28-11-13(34)16(48-25-12(33)6(32)2-7(46-25)21(37)38)8(3-29)47-24(11)50-19-14(35)15(36)26(51-20(19)22(39)40)49-17-9(4-30)45-23(41)10(27)18(17)52-53(42,43)44/h2,6,8-20,23-26,29-30,32-36,41H,3-4,27H2,1H3,(H,28,31)(H,37,38)(H,39,40)(H,42,43,44)/t6-,8+,9+,10+,11+,12+,13+,14+,15+,16+,17+,18+,19-,20-,23+,24-,25-,26+/m0/s1. The van der Waals surface area contributed by atoms with Gasteiger partial charge in [-0.3, -0.25) is 9.35 Å². The average molecular weight is 797 g/mol. The monoisotopic (exact) mass is 796 g/mol. The molecule has 0 aromatic carbocycles. The van der Waals surface area contributed by atoms with Crippen molar-refractivity contribution in [1.29, 1.82) is 0 Å². The van der Waals surface area contributed by atoms with Gasteiger partial charge in [0.1, 0.15) is 73.2 Å². The summed E-state index contributed by atoms with van der Waals surface area (Å²) < 4.78 is 74.4. The average Bonchev–Trinajstić information content (AvgIpc) is 3.07. The maximum Gasteiger partial charge on any atom is 0.397 e. The van der Waals surface area contributed by atoms with Crippen LogP contribution in [0.4, 0.5) is 0 Å². The van der Waals surface area contributed by atoms with Gasteiger partial charge in [-0.2, -0.15) is 8.42 Å². The molecule has 0 bridgehead atoms. The van der Waals surface area contributed by atoms with Crippen LogP contribution < -0.4 is 11.1 Å². The van der Waals surface area contributed by atoms with E-state index in [4.69, 9.17) is 38.9 Å². The maximum atomic E-state index is 12.4. The molecular formula is C26H40N2O24S. The molecule has 0 unspecified atom stereocenters. The second-order valence-electron chi connectivity index (χ2n) is 12.1. The number of ether oxygens (including phenoxy) is 7. The Hall–Kier alpha value is -2.78. The first-order chi connectivity index (χ1) is 24.7. The molecule has 3 saturated heterocycles. The molecule has 4 heterocycles. The molecule has 304 valence electrons. The van der Waals surface area contributed by atoms with Crippen LogP contribution in [0.1, 0.15) is 6.92 Å². The van der Waals surface area contributed by atoms with E-state index in [1.165, 1.54) is 0 Å². The van der Waals surface area contributed by atoms with Crippen LogP contribution in [0.3, 0.4) is 0 Å². The van der Waals surface area contributed by atoms with Crippen LogP contribution in [0.25, 0.3) is 0 Å². The Balaban J connectivity index is 1.58. The molecule has 0 aromatic heterocycles. The number of carbonyl (C=O) groups excluding carboxylic acids is 1. The summed E-state index contributed by atoms with van der Waals surface area (Å²) >= 11 is 0. The lowest BCUT2D eigenvalue weighted by Gasteiger charge is -2.49. The number of hydrogen-bond acceptors (Lipinski definition) is 22. The smallest absolute Gasteiger partial charge is 0.397 e. The molecule has 4 aliphatic rings. The zero-order valence-electron chi connectivity index (χ0n) is 27.1. The van der Waals surface area contributed by atoms with Gasteiger partial charge < -0.3 is 95.3 Å². The van der Waals surface area contributed by atoms with Crippen molar-refractivity contribution in [2.75, 3.05) is 13.2 Å². The van der Waals surface area contributed by atoms with Crippen LogP contribution in [0.2, 0.25) is 0 Å². The molecule has 1 amide bonds. The SMILES string of the molecule is CC(=O)N[C@H]1[C@H](O[C@H]2[C@H](O)[C@@H](O)[C@H](O[C@H]3[C@H](OS(=O)(=O)O)[C@@H](N)[C@H](O)O[C@@H]3CO)O[C@@H]2C(=O)O)O[C@H](CO)[C@@H](O[C@@H]2OC(C(=O)O)=C[C@H](O)[C@H]2O)[C@@H]1O. The molecule has 3 fully saturated rings. The third-order valence-electron chi connectivity index (χ3n) is 8.42. The molecule has 4 rings (SSSR count). The Bertz CT molecular complexity index is 1450. The van der Waals surface area contributed by atoms with E-state index in [0.717, 1.165) is 6.92 Å². The van der Waals surface area contributed by atoms with E-state index in [9.17, 15) is 78.4 Å². The highest BCUT2D eigenvalue weighted by Crippen LogP contribution is 2.34. The van der Waals surface area contributed by atoms with Gasteiger partial charge in [0.2, 0.25) is 18.0 Å². The van der Waals surface area contributed by atoms with E-state index < -0.39 is 158 Å². The largest absolute Gasteiger partial charge is 0.479 e. The summed E-state index contributed by atoms with van der Waals surface area (Å²) in [6, 6.07) is -3.59. The fourth-order valence-electron chi connectivity index (χ4n) is 5.89. The minimum atomic E-state index is -5.33. The van der Waals surface area contributed by atoms with Crippen molar-refractivity contribution in [1.82, 2.24) is 5.32 Å². The summed E-state index contributed by atoms with van der Waals surface area (Å²) in [7, 11) is -5.33. The van der Waals surface area contributed by atoms with Gasteiger partial charge in [0.25, 0.3) is 0 Å². The Labute approximate surface area is 297 Å². The summed E-state index contributed by atoms with van der Waals surface area (Å²) in [5.41, 5.74) is 5.73. The van der Waals surface area contributed by atoms with E-state index in [2.05, 4.69) is 9.50 Å². The first kappa shape index (κ1) is 43.0.